The topological polar surface area (TPSA) is 97.1 Å². The third-order valence-electron chi connectivity index (χ3n) is 4.74. The van der Waals surface area contributed by atoms with Gasteiger partial charge in [-0.1, -0.05) is 23.7 Å². The zero-order valence-electron chi connectivity index (χ0n) is 16.5. The average Bonchev–Trinajstić information content (AvgIpc) is 3.12. The summed E-state index contributed by atoms with van der Waals surface area (Å²) in [6, 6.07) is 7.77. The van der Waals surface area contributed by atoms with Crippen molar-refractivity contribution >= 4 is 39.6 Å². The van der Waals surface area contributed by atoms with E-state index in [0.717, 1.165) is 0 Å². The maximum atomic E-state index is 12.8. The van der Waals surface area contributed by atoms with Crippen LogP contribution in [0.15, 0.2) is 45.7 Å². The lowest BCUT2D eigenvalue weighted by Crippen LogP contribution is -2.50. The Kier molecular flexibility index (Phi) is 6.64. The van der Waals surface area contributed by atoms with Crippen LogP contribution in [0, 0.1) is 6.92 Å². The van der Waals surface area contributed by atoms with Gasteiger partial charge in [0.25, 0.3) is 0 Å². The fraction of sp³-hybridized carbons (Fsp3) is 0.300. The van der Waals surface area contributed by atoms with Crippen LogP contribution in [0.25, 0.3) is 6.08 Å². The number of nitrogens with zero attached hydrogens (tertiary/aromatic N) is 2. The lowest BCUT2D eigenvalue weighted by Gasteiger charge is -2.33. The van der Waals surface area contributed by atoms with E-state index in [1.54, 1.807) is 24.0 Å². The van der Waals surface area contributed by atoms with Crippen LogP contribution in [0.4, 0.5) is 0 Å². The lowest BCUT2D eigenvalue weighted by molar-refractivity contribution is -0.127. The minimum absolute atomic E-state index is 0.0564. The summed E-state index contributed by atoms with van der Waals surface area (Å²) in [5, 5.41) is 0.166. The molecule has 0 unspecified atom stereocenters. The van der Waals surface area contributed by atoms with Gasteiger partial charge in [-0.15, -0.1) is 0 Å². The lowest BCUT2D eigenvalue weighted by atomic mass is 10.2. The molecule has 30 heavy (non-hydrogen) atoms. The number of methoxy groups -OCH3 is 1. The number of carbonyl (C=O) groups excluding carboxylic acids is 2. The standard InChI is InChI=1S/C20H21ClN2O6S/c1-14-16(20(25)28-2)13-15(29-14)7-8-19(24)22-9-11-23(12-10-22)30(26,27)18-6-4-3-5-17(18)21/h3-8,13H,9-12H2,1-2H3. The van der Waals surface area contributed by atoms with Gasteiger partial charge in [0.15, 0.2) is 0 Å². The highest BCUT2D eigenvalue weighted by atomic mass is 35.5. The Hall–Kier alpha value is -2.62. The Balaban J connectivity index is 1.62. The Morgan fingerprint density at radius 1 is 1.17 bits per heavy atom. The summed E-state index contributed by atoms with van der Waals surface area (Å²) in [7, 11) is -2.45. The second-order valence-corrected chi connectivity index (χ2v) is 8.92. The molecule has 0 aliphatic carbocycles. The quantitative estimate of drug-likeness (QED) is 0.511. The molecule has 1 aliphatic rings. The van der Waals surface area contributed by atoms with Gasteiger partial charge in [-0.25, -0.2) is 13.2 Å². The zero-order chi connectivity index (χ0) is 21.9. The van der Waals surface area contributed by atoms with Gasteiger partial charge in [0.1, 0.15) is 22.0 Å². The molecule has 0 spiro atoms. The molecule has 1 saturated heterocycles. The molecular formula is C20H21ClN2O6S. The smallest absolute Gasteiger partial charge is 0.341 e. The van der Waals surface area contributed by atoms with Crippen LogP contribution in [-0.4, -0.2) is 62.8 Å². The predicted octanol–water partition coefficient (Wildman–Crippen LogP) is 2.57. The van der Waals surface area contributed by atoms with Gasteiger partial charge in [0.05, 0.1) is 12.1 Å². The van der Waals surface area contributed by atoms with Gasteiger partial charge in [0.2, 0.25) is 15.9 Å². The predicted molar refractivity (Wildman–Crippen MR) is 111 cm³/mol. The fourth-order valence-corrected chi connectivity index (χ4v) is 5.02. The van der Waals surface area contributed by atoms with Crippen molar-refractivity contribution in [3.05, 3.63) is 58.5 Å². The fourth-order valence-electron chi connectivity index (χ4n) is 3.10. The molecule has 0 radical (unpaired) electrons. The minimum atomic E-state index is -3.72. The van der Waals surface area contributed by atoms with E-state index in [1.807, 2.05) is 0 Å². The SMILES string of the molecule is COC(=O)c1cc(C=CC(=O)N2CCN(S(=O)(=O)c3ccccc3Cl)CC2)oc1C. The van der Waals surface area contributed by atoms with Crippen LogP contribution < -0.4 is 0 Å². The third kappa shape index (κ3) is 4.58. The molecule has 2 aromatic rings. The molecule has 8 nitrogen and oxygen atoms in total. The number of sulfonamides is 1. The van der Waals surface area contributed by atoms with Crippen molar-refractivity contribution in [3.8, 4) is 0 Å². The first-order valence-electron chi connectivity index (χ1n) is 9.14. The molecule has 1 aromatic heterocycles. The first-order chi connectivity index (χ1) is 14.2. The molecule has 3 rings (SSSR count). The minimum Gasteiger partial charge on any atom is -0.465 e. The number of benzene rings is 1. The maximum Gasteiger partial charge on any atom is 0.341 e. The molecule has 160 valence electrons. The highest BCUT2D eigenvalue weighted by molar-refractivity contribution is 7.89. The highest BCUT2D eigenvalue weighted by Gasteiger charge is 2.30. The summed E-state index contributed by atoms with van der Waals surface area (Å²) in [6.45, 7) is 2.46. The van der Waals surface area contributed by atoms with Crippen molar-refractivity contribution in [1.29, 1.82) is 0 Å². The zero-order valence-corrected chi connectivity index (χ0v) is 18.1. The van der Waals surface area contributed by atoms with Gasteiger partial charge in [-0.2, -0.15) is 4.31 Å². The van der Waals surface area contributed by atoms with Crippen molar-refractivity contribution in [2.75, 3.05) is 33.3 Å². The van der Waals surface area contributed by atoms with E-state index in [0.29, 0.717) is 17.1 Å². The number of amides is 1. The third-order valence-corrected chi connectivity index (χ3v) is 7.14. The van der Waals surface area contributed by atoms with Crippen molar-refractivity contribution < 1.29 is 27.2 Å². The van der Waals surface area contributed by atoms with Crippen molar-refractivity contribution in [2.24, 2.45) is 0 Å². The second kappa shape index (κ2) is 9.03. The van der Waals surface area contributed by atoms with Crippen LogP contribution in [0.3, 0.4) is 0 Å². The van der Waals surface area contributed by atoms with Gasteiger partial charge in [-0.05, 0) is 31.2 Å². The molecule has 2 heterocycles. The van der Waals surface area contributed by atoms with E-state index >= 15 is 0 Å². The summed E-state index contributed by atoms with van der Waals surface area (Å²) in [5.41, 5.74) is 0.294. The normalized spacial score (nSPS) is 15.5. The van der Waals surface area contributed by atoms with Gasteiger partial charge in [0, 0.05) is 32.3 Å². The number of furan rings is 1. The molecular weight excluding hydrogens is 432 g/mol. The number of esters is 1. The van der Waals surface area contributed by atoms with E-state index < -0.39 is 16.0 Å². The Bertz CT molecular complexity index is 1080. The van der Waals surface area contributed by atoms with Crippen molar-refractivity contribution in [2.45, 2.75) is 11.8 Å². The van der Waals surface area contributed by atoms with E-state index in [4.69, 9.17) is 16.0 Å². The number of ether oxygens (including phenoxy) is 1. The second-order valence-electron chi connectivity index (χ2n) is 6.60. The Morgan fingerprint density at radius 3 is 2.47 bits per heavy atom. The molecule has 10 heteroatoms. The molecule has 0 atom stereocenters. The van der Waals surface area contributed by atoms with E-state index in [9.17, 15) is 18.0 Å². The van der Waals surface area contributed by atoms with Crippen LogP contribution in [0.5, 0.6) is 0 Å². The molecule has 0 bridgehead atoms. The van der Waals surface area contributed by atoms with Gasteiger partial charge < -0.3 is 14.1 Å². The summed E-state index contributed by atoms with van der Waals surface area (Å²) < 4.78 is 37.0. The summed E-state index contributed by atoms with van der Waals surface area (Å²) >= 11 is 6.03. The number of carbonyl (C=O) groups is 2. The van der Waals surface area contributed by atoms with E-state index in [2.05, 4.69) is 4.74 Å². The number of rotatable bonds is 5. The first-order valence-corrected chi connectivity index (χ1v) is 11.0. The maximum absolute atomic E-state index is 12.8. The number of hydrogen-bond acceptors (Lipinski definition) is 6. The van der Waals surface area contributed by atoms with Crippen molar-refractivity contribution in [1.82, 2.24) is 9.21 Å². The number of aryl methyl sites for hydroxylation is 1. The molecule has 1 aromatic carbocycles. The average molecular weight is 453 g/mol. The summed E-state index contributed by atoms with van der Waals surface area (Å²) in [6.07, 6.45) is 2.80. The van der Waals surface area contributed by atoms with Gasteiger partial charge in [-0.3, -0.25) is 4.79 Å². The summed E-state index contributed by atoms with van der Waals surface area (Å²) in [4.78, 5) is 25.7. The Morgan fingerprint density at radius 2 is 1.83 bits per heavy atom. The van der Waals surface area contributed by atoms with Crippen LogP contribution in [0.1, 0.15) is 21.9 Å². The molecule has 0 N–H and O–H groups in total. The van der Waals surface area contributed by atoms with E-state index in [-0.39, 0.29) is 42.0 Å². The van der Waals surface area contributed by atoms with E-state index in [1.165, 1.54) is 41.8 Å². The van der Waals surface area contributed by atoms with Crippen LogP contribution in [0.2, 0.25) is 5.02 Å². The number of hydrogen-bond donors (Lipinski definition) is 0. The summed E-state index contributed by atoms with van der Waals surface area (Å²) in [5.74, 6) is -0.0509. The monoisotopic (exact) mass is 452 g/mol. The molecule has 0 saturated carbocycles. The van der Waals surface area contributed by atoms with Crippen LogP contribution >= 0.6 is 11.6 Å². The number of piperazine rings is 1. The van der Waals surface area contributed by atoms with Gasteiger partial charge >= 0.3 is 5.97 Å². The largest absolute Gasteiger partial charge is 0.465 e. The van der Waals surface area contributed by atoms with Crippen molar-refractivity contribution in [3.63, 3.8) is 0 Å². The van der Waals surface area contributed by atoms with Crippen LogP contribution in [-0.2, 0) is 19.6 Å². The highest BCUT2D eigenvalue weighted by Crippen LogP contribution is 2.25. The molecule has 1 fully saturated rings. The molecule has 1 aliphatic heterocycles. The first kappa shape index (κ1) is 22.1. The number of halogens is 1. The Labute approximate surface area is 179 Å². The molecule has 1 amide bonds.